The molecule has 1 N–H and O–H groups in total. The molecule has 2 rings (SSSR count). The van der Waals surface area contributed by atoms with Gasteiger partial charge in [0.25, 0.3) is 0 Å². The Morgan fingerprint density at radius 2 is 1.32 bits per heavy atom. The van der Waals surface area contributed by atoms with Gasteiger partial charge in [0, 0.05) is 22.3 Å². The molecule has 0 radical (unpaired) electrons. The van der Waals surface area contributed by atoms with Gasteiger partial charge in [-0.3, -0.25) is 9.59 Å². The van der Waals surface area contributed by atoms with Gasteiger partial charge in [0.05, 0.1) is 0 Å². The highest BCUT2D eigenvalue weighted by Gasteiger charge is 2.15. The van der Waals surface area contributed by atoms with E-state index < -0.39 is 0 Å². The summed E-state index contributed by atoms with van der Waals surface area (Å²) in [6.45, 7) is 11.5. The largest absolute Gasteiger partial charge is 0.507 e. The lowest BCUT2D eigenvalue weighted by Crippen LogP contribution is -2.11. The third kappa shape index (κ3) is 5.17. The zero-order valence-electron chi connectivity index (χ0n) is 16.8. The molecular weight excluding hydrogens is 348 g/mol. The molecule has 0 fully saturated rings. The summed E-state index contributed by atoms with van der Waals surface area (Å²) in [7, 11) is 0. The Morgan fingerprint density at radius 1 is 0.857 bits per heavy atom. The fourth-order valence-electron chi connectivity index (χ4n) is 2.69. The maximum atomic E-state index is 12.7. The number of rotatable bonds is 6. The molecule has 0 bridgehead atoms. The molecule has 0 aliphatic heterocycles. The summed E-state index contributed by atoms with van der Waals surface area (Å²) in [4.78, 5) is 23.8. The highest BCUT2D eigenvalue weighted by atomic mass is 16.3. The number of ketones is 2. The molecule has 0 unspecified atom stereocenters. The second kappa shape index (κ2) is 8.66. The van der Waals surface area contributed by atoms with Crippen LogP contribution in [-0.2, 0) is 10.2 Å². The normalized spacial score (nSPS) is 12.6. The van der Waals surface area contributed by atoms with Gasteiger partial charge >= 0.3 is 0 Å². The van der Waals surface area contributed by atoms with E-state index in [1.165, 1.54) is 30.7 Å². The Morgan fingerprint density at radius 3 is 1.75 bits per heavy atom. The second-order valence-electron chi connectivity index (χ2n) is 7.69. The molecule has 0 aliphatic rings. The first-order valence-corrected chi connectivity index (χ1v) is 9.13. The molecule has 144 valence electrons. The number of aliphatic hydroxyl groups excluding tert-OH is 1. The van der Waals surface area contributed by atoms with Crippen LogP contribution in [0.3, 0.4) is 0 Å². The molecule has 0 heterocycles. The van der Waals surface area contributed by atoms with Crippen molar-refractivity contribution in [1.29, 1.82) is 0 Å². The van der Waals surface area contributed by atoms with E-state index in [1.807, 2.05) is 24.3 Å². The van der Waals surface area contributed by atoms with E-state index in [9.17, 15) is 14.7 Å². The van der Waals surface area contributed by atoms with Crippen molar-refractivity contribution < 1.29 is 14.7 Å². The van der Waals surface area contributed by atoms with Gasteiger partial charge < -0.3 is 5.11 Å². The van der Waals surface area contributed by atoms with Crippen molar-refractivity contribution in [2.24, 2.45) is 0 Å². The predicted octanol–water partition coefficient (Wildman–Crippen LogP) is 5.82. The minimum Gasteiger partial charge on any atom is -0.507 e. The van der Waals surface area contributed by atoms with Crippen molar-refractivity contribution in [3.05, 3.63) is 101 Å². The molecule has 0 atom stereocenters. The number of hydrogen-bond donors (Lipinski definition) is 1. The zero-order chi connectivity index (χ0) is 20.9. The van der Waals surface area contributed by atoms with Crippen molar-refractivity contribution in [2.45, 2.75) is 33.1 Å². The number of hydrogen-bond acceptors (Lipinski definition) is 3. The van der Waals surface area contributed by atoms with E-state index in [2.05, 4.69) is 27.4 Å². The molecule has 0 saturated carbocycles. The lowest BCUT2D eigenvalue weighted by Gasteiger charge is -2.19. The van der Waals surface area contributed by atoms with Gasteiger partial charge in [-0.1, -0.05) is 82.0 Å². The third-order valence-electron chi connectivity index (χ3n) is 4.42. The molecule has 0 spiro atoms. The first-order valence-electron chi connectivity index (χ1n) is 9.13. The van der Waals surface area contributed by atoms with Crippen LogP contribution >= 0.6 is 0 Å². The summed E-state index contributed by atoms with van der Waals surface area (Å²) in [5, 5.41) is 10.4. The van der Waals surface area contributed by atoms with Gasteiger partial charge in [-0.2, -0.15) is 0 Å². The van der Waals surface area contributed by atoms with Gasteiger partial charge in [0.1, 0.15) is 5.76 Å². The van der Waals surface area contributed by atoms with Crippen molar-refractivity contribution in [1.82, 2.24) is 0 Å². The van der Waals surface area contributed by atoms with Crippen LogP contribution in [0.25, 0.3) is 5.76 Å². The second-order valence-corrected chi connectivity index (χ2v) is 7.69. The quantitative estimate of drug-likeness (QED) is 0.300. The van der Waals surface area contributed by atoms with Crippen LogP contribution in [0.5, 0.6) is 0 Å². The summed E-state index contributed by atoms with van der Waals surface area (Å²) in [6, 6.07) is 14.4. The maximum Gasteiger partial charge on any atom is 0.193 e. The summed E-state index contributed by atoms with van der Waals surface area (Å²) in [5.74, 6) is -0.192. The first kappa shape index (κ1) is 21.1. The molecular formula is C25H26O3. The minimum absolute atomic E-state index is 0.000953. The maximum absolute atomic E-state index is 12.7. The van der Waals surface area contributed by atoms with E-state index in [-0.39, 0.29) is 22.7 Å². The molecule has 2 aromatic rings. The van der Waals surface area contributed by atoms with Crippen LogP contribution in [0.15, 0.2) is 78.9 Å². The van der Waals surface area contributed by atoms with Crippen LogP contribution in [0.4, 0.5) is 0 Å². The summed E-state index contributed by atoms with van der Waals surface area (Å²) < 4.78 is 0. The van der Waals surface area contributed by atoms with Gasteiger partial charge in [-0.05, 0) is 30.1 Å². The molecule has 0 amide bonds. The van der Waals surface area contributed by atoms with Gasteiger partial charge in [-0.15, -0.1) is 0 Å². The van der Waals surface area contributed by atoms with E-state index in [0.29, 0.717) is 22.3 Å². The van der Waals surface area contributed by atoms with Crippen molar-refractivity contribution in [3.63, 3.8) is 0 Å². The Bertz CT molecular complexity index is 935. The van der Waals surface area contributed by atoms with Gasteiger partial charge in [0.2, 0.25) is 0 Å². The lowest BCUT2D eigenvalue weighted by atomic mass is 9.86. The molecule has 3 heteroatoms. The smallest absolute Gasteiger partial charge is 0.193 e. The first-order chi connectivity index (χ1) is 13.1. The third-order valence-corrected chi connectivity index (χ3v) is 4.42. The standard InChI is InChI=1S/C25H26O3/c1-6-18(8-7-17(2)26)23(27)19-9-11-20(12-10-19)24(28)21-13-15-22(16-14-21)25(3,4)5/h6-16,27H,1H2,2-5H3. The monoisotopic (exact) mass is 374 g/mol. The Hall–Kier alpha value is -3.20. The fourth-order valence-corrected chi connectivity index (χ4v) is 2.69. The van der Waals surface area contributed by atoms with Crippen LogP contribution in [-0.4, -0.2) is 16.7 Å². The van der Waals surface area contributed by atoms with E-state index in [4.69, 9.17) is 0 Å². The lowest BCUT2D eigenvalue weighted by molar-refractivity contribution is -0.112. The van der Waals surface area contributed by atoms with Crippen molar-refractivity contribution in [2.75, 3.05) is 0 Å². The highest BCUT2D eigenvalue weighted by molar-refractivity contribution is 6.09. The zero-order valence-corrected chi connectivity index (χ0v) is 16.8. The summed E-state index contributed by atoms with van der Waals surface area (Å²) in [6.07, 6.45) is 4.36. The van der Waals surface area contributed by atoms with E-state index >= 15 is 0 Å². The SMILES string of the molecule is C=CC(C=CC(C)=O)=C(O)c1ccc(C(=O)c2ccc(C(C)(C)C)cc2)cc1. The van der Waals surface area contributed by atoms with Crippen LogP contribution in [0, 0.1) is 0 Å². The minimum atomic E-state index is -0.120. The van der Waals surface area contributed by atoms with E-state index in [0.717, 1.165) is 0 Å². The Labute approximate surface area is 166 Å². The highest BCUT2D eigenvalue weighted by Crippen LogP contribution is 2.24. The topological polar surface area (TPSA) is 54.4 Å². The van der Waals surface area contributed by atoms with Crippen LogP contribution in [0.2, 0.25) is 0 Å². The van der Waals surface area contributed by atoms with Gasteiger partial charge in [0.15, 0.2) is 11.6 Å². The molecule has 0 aliphatic carbocycles. The molecule has 2 aromatic carbocycles. The number of carbonyl (C=O) groups is 2. The molecule has 3 nitrogen and oxygen atoms in total. The fraction of sp³-hybridized carbons (Fsp3) is 0.200. The Kier molecular flexibility index (Phi) is 6.53. The average Bonchev–Trinajstić information content (AvgIpc) is 2.67. The predicted molar refractivity (Wildman–Crippen MR) is 115 cm³/mol. The number of carbonyl (C=O) groups excluding carboxylic acids is 2. The summed E-state index contributed by atoms with van der Waals surface area (Å²) >= 11 is 0. The molecule has 28 heavy (non-hydrogen) atoms. The van der Waals surface area contributed by atoms with Crippen LogP contribution < -0.4 is 0 Å². The number of allylic oxidation sites excluding steroid dienone is 4. The van der Waals surface area contributed by atoms with Crippen molar-refractivity contribution in [3.8, 4) is 0 Å². The molecule has 0 aromatic heterocycles. The van der Waals surface area contributed by atoms with Crippen LogP contribution in [0.1, 0.15) is 54.7 Å². The average molecular weight is 374 g/mol. The van der Waals surface area contributed by atoms with Crippen molar-refractivity contribution >= 4 is 17.3 Å². The van der Waals surface area contributed by atoms with Gasteiger partial charge in [-0.25, -0.2) is 0 Å². The summed E-state index contributed by atoms with van der Waals surface area (Å²) in [5.41, 5.74) is 3.35. The van der Waals surface area contributed by atoms with E-state index in [1.54, 1.807) is 24.3 Å². The molecule has 0 saturated heterocycles. The number of aliphatic hydroxyl groups is 1. The number of benzene rings is 2. The Balaban J connectivity index is 2.27.